The minimum atomic E-state index is -0.0795. The third kappa shape index (κ3) is 4.54. The first-order chi connectivity index (χ1) is 12.1. The SMILES string of the molecule is O=C(COc1ccc(Cl)cc1)N1CCCN(C(=O)c2ccc[nH]2)CC1. The predicted octanol–water partition coefficient (Wildman–Crippen LogP) is 2.42. The van der Waals surface area contributed by atoms with E-state index in [2.05, 4.69) is 4.98 Å². The molecule has 1 saturated heterocycles. The predicted molar refractivity (Wildman–Crippen MR) is 94.8 cm³/mol. The zero-order valence-corrected chi connectivity index (χ0v) is 14.5. The molecule has 132 valence electrons. The van der Waals surface area contributed by atoms with Gasteiger partial charge in [-0.2, -0.15) is 0 Å². The van der Waals surface area contributed by atoms with E-state index in [1.54, 1.807) is 52.4 Å². The Hall–Kier alpha value is -2.47. The summed E-state index contributed by atoms with van der Waals surface area (Å²) in [7, 11) is 0. The fraction of sp³-hybridized carbons (Fsp3) is 0.333. The van der Waals surface area contributed by atoms with Crippen molar-refractivity contribution < 1.29 is 14.3 Å². The number of nitrogens with zero attached hydrogens (tertiary/aromatic N) is 2. The molecule has 2 amide bonds. The minimum Gasteiger partial charge on any atom is -0.484 e. The van der Waals surface area contributed by atoms with Crippen molar-refractivity contribution in [1.29, 1.82) is 0 Å². The molecular formula is C18H20ClN3O3. The fourth-order valence-electron chi connectivity index (χ4n) is 2.77. The maximum Gasteiger partial charge on any atom is 0.270 e. The first-order valence-electron chi connectivity index (χ1n) is 8.22. The van der Waals surface area contributed by atoms with Gasteiger partial charge in [-0.15, -0.1) is 0 Å². The molecule has 25 heavy (non-hydrogen) atoms. The zero-order chi connectivity index (χ0) is 17.6. The maximum absolute atomic E-state index is 12.4. The minimum absolute atomic E-state index is 0.0216. The van der Waals surface area contributed by atoms with E-state index in [1.165, 1.54) is 0 Å². The standard InChI is InChI=1S/C18H20ClN3O3/c19-14-4-6-15(7-5-14)25-13-17(23)21-9-2-10-22(12-11-21)18(24)16-3-1-8-20-16/h1,3-8,20H,2,9-13H2. The number of hydrogen-bond acceptors (Lipinski definition) is 3. The van der Waals surface area contributed by atoms with Gasteiger partial charge in [-0.25, -0.2) is 0 Å². The summed E-state index contributed by atoms with van der Waals surface area (Å²) < 4.78 is 5.51. The van der Waals surface area contributed by atoms with Crippen LogP contribution in [-0.2, 0) is 4.79 Å². The molecule has 0 saturated carbocycles. The number of hydrogen-bond donors (Lipinski definition) is 1. The van der Waals surface area contributed by atoms with Gasteiger partial charge in [0, 0.05) is 37.4 Å². The summed E-state index contributed by atoms with van der Waals surface area (Å²) >= 11 is 5.83. The molecule has 1 N–H and O–H groups in total. The van der Waals surface area contributed by atoms with Crippen molar-refractivity contribution in [2.45, 2.75) is 6.42 Å². The highest BCUT2D eigenvalue weighted by atomic mass is 35.5. The molecule has 1 fully saturated rings. The smallest absolute Gasteiger partial charge is 0.270 e. The Labute approximate surface area is 151 Å². The van der Waals surface area contributed by atoms with E-state index in [0.29, 0.717) is 42.6 Å². The summed E-state index contributed by atoms with van der Waals surface area (Å²) in [6.07, 6.45) is 2.48. The van der Waals surface area contributed by atoms with Gasteiger partial charge in [-0.1, -0.05) is 11.6 Å². The fourth-order valence-corrected chi connectivity index (χ4v) is 2.90. The number of aromatic nitrogens is 1. The van der Waals surface area contributed by atoms with Crippen LogP contribution in [0.3, 0.4) is 0 Å². The summed E-state index contributed by atoms with van der Waals surface area (Å²) in [5.74, 6) is 0.497. The molecule has 7 heteroatoms. The van der Waals surface area contributed by atoms with Gasteiger partial charge in [0.05, 0.1) is 0 Å². The molecule has 0 aliphatic carbocycles. The highest BCUT2D eigenvalue weighted by Crippen LogP contribution is 2.16. The van der Waals surface area contributed by atoms with E-state index in [9.17, 15) is 9.59 Å². The van der Waals surface area contributed by atoms with Crippen molar-refractivity contribution in [2.75, 3.05) is 32.8 Å². The highest BCUT2D eigenvalue weighted by Gasteiger charge is 2.23. The van der Waals surface area contributed by atoms with Crippen molar-refractivity contribution in [2.24, 2.45) is 0 Å². The number of halogens is 1. The van der Waals surface area contributed by atoms with Crippen LogP contribution >= 0.6 is 11.6 Å². The number of carbonyl (C=O) groups excluding carboxylic acids is 2. The van der Waals surface area contributed by atoms with Crippen LogP contribution in [0.5, 0.6) is 5.75 Å². The van der Waals surface area contributed by atoms with Gasteiger partial charge in [-0.05, 0) is 42.8 Å². The quantitative estimate of drug-likeness (QED) is 0.909. The topological polar surface area (TPSA) is 65.6 Å². The van der Waals surface area contributed by atoms with Crippen LogP contribution < -0.4 is 4.74 Å². The molecule has 2 aromatic rings. The first kappa shape index (κ1) is 17.4. The molecule has 3 rings (SSSR count). The second-order valence-electron chi connectivity index (χ2n) is 5.85. The third-order valence-electron chi connectivity index (χ3n) is 4.14. The van der Waals surface area contributed by atoms with Crippen LogP contribution in [0.25, 0.3) is 0 Å². The number of carbonyl (C=O) groups is 2. The normalized spacial score (nSPS) is 14.9. The Balaban J connectivity index is 1.51. The highest BCUT2D eigenvalue weighted by molar-refractivity contribution is 6.30. The van der Waals surface area contributed by atoms with Gasteiger partial charge >= 0.3 is 0 Å². The van der Waals surface area contributed by atoms with Crippen molar-refractivity contribution in [3.63, 3.8) is 0 Å². The van der Waals surface area contributed by atoms with Crippen molar-refractivity contribution in [1.82, 2.24) is 14.8 Å². The summed E-state index contributed by atoms with van der Waals surface area (Å²) in [6.45, 7) is 2.27. The molecule has 0 spiro atoms. The maximum atomic E-state index is 12.4. The summed E-state index contributed by atoms with van der Waals surface area (Å²) in [6, 6.07) is 10.5. The van der Waals surface area contributed by atoms with E-state index < -0.39 is 0 Å². The van der Waals surface area contributed by atoms with E-state index in [0.717, 1.165) is 6.42 Å². The van der Waals surface area contributed by atoms with Gasteiger partial charge in [0.1, 0.15) is 11.4 Å². The van der Waals surface area contributed by atoms with Crippen molar-refractivity contribution >= 4 is 23.4 Å². The lowest BCUT2D eigenvalue weighted by Crippen LogP contribution is -2.39. The molecule has 0 unspecified atom stereocenters. The van der Waals surface area contributed by atoms with Gasteiger partial charge in [-0.3, -0.25) is 9.59 Å². The number of rotatable bonds is 4. The molecule has 1 aromatic heterocycles. The first-order valence-corrected chi connectivity index (χ1v) is 8.60. The van der Waals surface area contributed by atoms with E-state index in [1.807, 2.05) is 0 Å². The Bertz CT molecular complexity index is 716. The largest absolute Gasteiger partial charge is 0.484 e. The summed E-state index contributed by atoms with van der Waals surface area (Å²) in [5, 5.41) is 0.623. The Morgan fingerprint density at radius 2 is 1.76 bits per heavy atom. The van der Waals surface area contributed by atoms with Gasteiger partial charge in [0.15, 0.2) is 6.61 Å². The van der Waals surface area contributed by atoms with Gasteiger partial charge in [0.2, 0.25) is 0 Å². The molecule has 1 aliphatic heterocycles. The van der Waals surface area contributed by atoms with E-state index in [-0.39, 0.29) is 18.4 Å². The molecule has 1 aromatic carbocycles. The second kappa shape index (κ2) is 8.07. The number of aromatic amines is 1. The number of nitrogens with one attached hydrogen (secondary N) is 1. The Morgan fingerprint density at radius 3 is 2.48 bits per heavy atom. The Kier molecular flexibility index (Phi) is 5.60. The number of ether oxygens (including phenoxy) is 1. The summed E-state index contributed by atoms with van der Waals surface area (Å²) in [4.78, 5) is 31.2. The monoisotopic (exact) mass is 361 g/mol. The van der Waals surface area contributed by atoms with Crippen LogP contribution in [0.2, 0.25) is 5.02 Å². The number of benzene rings is 1. The number of H-pyrrole nitrogens is 1. The number of amides is 2. The molecule has 0 atom stereocenters. The van der Waals surface area contributed by atoms with E-state index >= 15 is 0 Å². The van der Waals surface area contributed by atoms with E-state index in [4.69, 9.17) is 16.3 Å². The van der Waals surface area contributed by atoms with Crippen LogP contribution in [0.15, 0.2) is 42.6 Å². The average Bonchev–Trinajstić information content (AvgIpc) is 3.05. The molecule has 2 heterocycles. The lowest BCUT2D eigenvalue weighted by molar-refractivity contribution is -0.133. The molecule has 0 radical (unpaired) electrons. The average molecular weight is 362 g/mol. The van der Waals surface area contributed by atoms with Crippen LogP contribution in [-0.4, -0.2) is 59.4 Å². The lowest BCUT2D eigenvalue weighted by atomic mass is 10.3. The van der Waals surface area contributed by atoms with Gasteiger partial charge in [0.25, 0.3) is 11.8 Å². The molecule has 0 bridgehead atoms. The van der Waals surface area contributed by atoms with Crippen LogP contribution in [0.1, 0.15) is 16.9 Å². The van der Waals surface area contributed by atoms with Crippen LogP contribution in [0.4, 0.5) is 0 Å². The lowest BCUT2D eigenvalue weighted by Gasteiger charge is -2.22. The third-order valence-corrected chi connectivity index (χ3v) is 4.39. The zero-order valence-electron chi connectivity index (χ0n) is 13.8. The molecule has 1 aliphatic rings. The summed E-state index contributed by atoms with van der Waals surface area (Å²) in [5.41, 5.74) is 0.575. The van der Waals surface area contributed by atoms with Crippen molar-refractivity contribution in [3.8, 4) is 5.75 Å². The van der Waals surface area contributed by atoms with Crippen LogP contribution in [0, 0.1) is 0 Å². The second-order valence-corrected chi connectivity index (χ2v) is 6.29. The molecule has 6 nitrogen and oxygen atoms in total. The van der Waals surface area contributed by atoms with Crippen molar-refractivity contribution in [3.05, 3.63) is 53.3 Å². The Morgan fingerprint density at radius 1 is 1.04 bits per heavy atom. The van der Waals surface area contributed by atoms with Gasteiger partial charge < -0.3 is 19.5 Å². The molecular weight excluding hydrogens is 342 g/mol.